The fourth-order valence-corrected chi connectivity index (χ4v) is 4.46. The van der Waals surface area contributed by atoms with Gasteiger partial charge in [0.15, 0.2) is 0 Å². The highest BCUT2D eigenvalue weighted by atomic mass is 32.2. The molecule has 0 saturated carbocycles. The maximum atomic E-state index is 13.8. The predicted octanol–water partition coefficient (Wildman–Crippen LogP) is 3.49. The average Bonchev–Trinajstić information content (AvgIpc) is 3.38. The van der Waals surface area contributed by atoms with E-state index >= 15 is 0 Å². The molecular weight excluding hydrogens is 453 g/mol. The number of halogens is 1. The Hall–Kier alpha value is -2.98. The van der Waals surface area contributed by atoms with Crippen molar-refractivity contribution in [2.45, 2.75) is 19.9 Å². The molecule has 4 amide bonds. The van der Waals surface area contributed by atoms with Gasteiger partial charge in [-0.1, -0.05) is 38.1 Å². The molecule has 0 radical (unpaired) electrons. The lowest BCUT2D eigenvalue weighted by Crippen LogP contribution is -2.51. The van der Waals surface area contributed by atoms with Crippen molar-refractivity contribution < 1.29 is 23.6 Å². The van der Waals surface area contributed by atoms with E-state index in [0.29, 0.717) is 4.88 Å². The maximum Gasteiger partial charge on any atom is 0.293 e. The molecule has 1 aromatic heterocycles. The van der Waals surface area contributed by atoms with E-state index in [9.17, 15) is 23.6 Å². The third-order valence-electron chi connectivity index (χ3n) is 4.68. The minimum absolute atomic E-state index is 0.0297. The van der Waals surface area contributed by atoms with Crippen molar-refractivity contribution in [2.75, 3.05) is 13.1 Å². The minimum atomic E-state index is -0.763. The van der Waals surface area contributed by atoms with Crippen LogP contribution in [0.3, 0.4) is 0 Å². The highest BCUT2D eigenvalue weighted by Crippen LogP contribution is 2.32. The van der Waals surface area contributed by atoms with Crippen molar-refractivity contribution in [1.29, 1.82) is 0 Å². The molecule has 0 aliphatic carbocycles. The molecule has 1 saturated heterocycles. The Morgan fingerprint density at radius 1 is 1.16 bits per heavy atom. The lowest BCUT2D eigenvalue weighted by atomic mass is 10.0. The zero-order valence-corrected chi connectivity index (χ0v) is 19.1. The normalized spacial score (nSPS) is 16.0. The SMILES string of the molecule is CC(C)[C@@H](NC(=O)c1cccs1)C(=O)NCCN1C(=O)S/C(=C\c2ccccc2F)C1=O. The van der Waals surface area contributed by atoms with Crippen LogP contribution in [0.25, 0.3) is 6.08 Å². The fourth-order valence-electron chi connectivity index (χ4n) is 2.98. The number of imide groups is 1. The molecule has 1 aromatic carbocycles. The van der Waals surface area contributed by atoms with Gasteiger partial charge in [0.05, 0.1) is 9.78 Å². The fraction of sp³-hybridized carbons (Fsp3) is 0.273. The van der Waals surface area contributed by atoms with E-state index in [1.165, 1.54) is 35.6 Å². The number of nitrogens with one attached hydrogen (secondary N) is 2. The first-order chi connectivity index (χ1) is 15.3. The van der Waals surface area contributed by atoms with Gasteiger partial charge in [0.1, 0.15) is 11.9 Å². The Morgan fingerprint density at radius 3 is 2.56 bits per heavy atom. The van der Waals surface area contributed by atoms with Gasteiger partial charge >= 0.3 is 0 Å². The number of nitrogens with zero attached hydrogens (tertiary/aromatic N) is 1. The molecule has 0 bridgehead atoms. The molecule has 2 heterocycles. The Balaban J connectivity index is 1.57. The number of benzene rings is 1. The topological polar surface area (TPSA) is 95.6 Å². The third-order valence-corrected chi connectivity index (χ3v) is 6.46. The summed E-state index contributed by atoms with van der Waals surface area (Å²) in [4.78, 5) is 51.3. The van der Waals surface area contributed by atoms with Crippen LogP contribution in [0.2, 0.25) is 0 Å². The van der Waals surface area contributed by atoms with E-state index in [-0.39, 0.29) is 35.4 Å². The third kappa shape index (κ3) is 5.63. The van der Waals surface area contributed by atoms with Gasteiger partial charge in [-0.15, -0.1) is 11.3 Å². The van der Waals surface area contributed by atoms with Crippen LogP contribution in [-0.4, -0.2) is 47.0 Å². The van der Waals surface area contributed by atoms with Gasteiger partial charge in [0.2, 0.25) is 5.91 Å². The lowest BCUT2D eigenvalue weighted by molar-refractivity contribution is -0.125. The van der Waals surface area contributed by atoms with E-state index in [4.69, 9.17) is 0 Å². The van der Waals surface area contributed by atoms with Gasteiger partial charge in [0.25, 0.3) is 17.1 Å². The van der Waals surface area contributed by atoms with Gasteiger partial charge in [-0.2, -0.15) is 0 Å². The van der Waals surface area contributed by atoms with E-state index < -0.39 is 28.9 Å². The van der Waals surface area contributed by atoms with Gasteiger partial charge in [-0.25, -0.2) is 4.39 Å². The number of carbonyl (C=O) groups excluding carboxylic acids is 4. The van der Waals surface area contributed by atoms with Crippen LogP contribution < -0.4 is 10.6 Å². The summed E-state index contributed by atoms with van der Waals surface area (Å²) < 4.78 is 13.8. The second-order valence-electron chi connectivity index (χ2n) is 7.32. The van der Waals surface area contributed by atoms with Crippen molar-refractivity contribution >= 4 is 52.1 Å². The molecule has 32 heavy (non-hydrogen) atoms. The summed E-state index contributed by atoms with van der Waals surface area (Å²) in [5, 5.41) is 6.68. The van der Waals surface area contributed by atoms with E-state index in [2.05, 4.69) is 10.6 Å². The van der Waals surface area contributed by atoms with Crippen LogP contribution in [0, 0.1) is 11.7 Å². The lowest BCUT2D eigenvalue weighted by Gasteiger charge is -2.22. The van der Waals surface area contributed by atoms with Crippen molar-refractivity contribution in [2.24, 2.45) is 5.92 Å². The summed E-state index contributed by atoms with van der Waals surface area (Å²) in [6.07, 6.45) is 1.34. The molecule has 2 aromatic rings. The molecule has 2 N–H and O–H groups in total. The minimum Gasteiger partial charge on any atom is -0.353 e. The monoisotopic (exact) mass is 475 g/mol. The molecule has 168 valence electrons. The molecule has 1 aliphatic rings. The average molecular weight is 476 g/mol. The van der Waals surface area contributed by atoms with Crippen LogP contribution in [0.4, 0.5) is 9.18 Å². The second-order valence-corrected chi connectivity index (χ2v) is 9.26. The van der Waals surface area contributed by atoms with Crippen molar-refractivity contribution in [1.82, 2.24) is 15.5 Å². The molecule has 1 aliphatic heterocycles. The number of thiophene rings is 1. The summed E-state index contributed by atoms with van der Waals surface area (Å²) in [5.74, 6) is -1.93. The standard InChI is InChI=1S/C22H22FN3O4S2/c1-13(2)18(25-19(27)16-8-5-11-31-16)20(28)24-9-10-26-21(29)17(32-22(26)30)12-14-6-3-4-7-15(14)23/h3-8,11-13,18H,9-10H2,1-2H3,(H,24,28)(H,25,27)/b17-12-/t18-/m1/s1. The van der Waals surface area contributed by atoms with Gasteiger partial charge < -0.3 is 10.6 Å². The zero-order valence-electron chi connectivity index (χ0n) is 17.5. The molecule has 10 heteroatoms. The maximum absolute atomic E-state index is 13.8. The number of carbonyl (C=O) groups is 4. The van der Waals surface area contributed by atoms with Crippen LogP contribution in [0.1, 0.15) is 29.1 Å². The summed E-state index contributed by atoms with van der Waals surface area (Å²) >= 11 is 2.00. The zero-order chi connectivity index (χ0) is 23.3. The number of thioether (sulfide) groups is 1. The Kier molecular flexibility index (Phi) is 7.81. The van der Waals surface area contributed by atoms with Gasteiger partial charge in [0, 0.05) is 18.7 Å². The quantitative estimate of drug-likeness (QED) is 0.570. The molecule has 3 rings (SSSR count). The van der Waals surface area contributed by atoms with Crippen LogP contribution in [0.5, 0.6) is 0 Å². The number of hydrogen-bond donors (Lipinski definition) is 2. The largest absolute Gasteiger partial charge is 0.353 e. The molecule has 0 unspecified atom stereocenters. The van der Waals surface area contributed by atoms with E-state index in [0.717, 1.165) is 16.7 Å². The van der Waals surface area contributed by atoms with E-state index in [1.54, 1.807) is 23.6 Å². The summed E-state index contributed by atoms with van der Waals surface area (Å²) in [6, 6.07) is 8.62. The number of hydrogen-bond acceptors (Lipinski definition) is 6. The molecule has 1 fully saturated rings. The Morgan fingerprint density at radius 2 is 1.91 bits per heavy atom. The first-order valence-corrected chi connectivity index (χ1v) is 11.6. The van der Waals surface area contributed by atoms with Crippen molar-refractivity contribution in [3.63, 3.8) is 0 Å². The smallest absolute Gasteiger partial charge is 0.293 e. The molecular formula is C22H22FN3O4S2. The highest BCUT2D eigenvalue weighted by Gasteiger charge is 2.35. The number of rotatable bonds is 8. The van der Waals surface area contributed by atoms with Crippen LogP contribution >= 0.6 is 23.1 Å². The van der Waals surface area contributed by atoms with Gasteiger partial charge in [-0.05, 0) is 41.3 Å². The Labute approximate surface area is 193 Å². The van der Waals surface area contributed by atoms with Crippen LogP contribution in [0.15, 0.2) is 46.7 Å². The highest BCUT2D eigenvalue weighted by molar-refractivity contribution is 8.18. The van der Waals surface area contributed by atoms with Crippen molar-refractivity contribution in [3.05, 3.63) is 62.9 Å². The summed E-state index contributed by atoms with van der Waals surface area (Å²) in [6.45, 7) is 3.61. The van der Waals surface area contributed by atoms with Crippen LogP contribution in [-0.2, 0) is 9.59 Å². The molecule has 1 atom stereocenters. The molecule has 0 spiro atoms. The predicted molar refractivity (Wildman–Crippen MR) is 122 cm³/mol. The Bertz CT molecular complexity index is 1050. The number of amides is 4. The summed E-state index contributed by atoms with van der Waals surface area (Å²) in [5.41, 5.74) is 0.215. The first-order valence-electron chi connectivity index (χ1n) is 9.90. The first kappa shape index (κ1) is 23.7. The van der Waals surface area contributed by atoms with E-state index in [1.807, 2.05) is 13.8 Å². The summed E-state index contributed by atoms with van der Waals surface area (Å²) in [7, 11) is 0. The van der Waals surface area contributed by atoms with Crippen molar-refractivity contribution in [3.8, 4) is 0 Å². The second kappa shape index (κ2) is 10.6. The van der Waals surface area contributed by atoms with Gasteiger partial charge in [-0.3, -0.25) is 24.1 Å². The molecule has 7 nitrogen and oxygen atoms in total.